The first kappa shape index (κ1) is 57.8. The number of pyridine rings is 2. The van der Waals surface area contributed by atoms with Crippen LogP contribution in [0.5, 0.6) is 23.0 Å². The van der Waals surface area contributed by atoms with E-state index in [1.165, 1.54) is 39.2 Å². The van der Waals surface area contributed by atoms with Crippen LogP contribution in [0.15, 0.2) is 143 Å². The highest BCUT2D eigenvalue weighted by molar-refractivity contribution is 5.96. The first-order valence-electron chi connectivity index (χ1n) is 24.8. The molecule has 4 aromatic heterocycles. The van der Waals surface area contributed by atoms with E-state index < -0.39 is 40.2 Å². The van der Waals surface area contributed by atoms with E-state index in [0.717, 1.165) is 48.1 Å². The second-order valence-electron chi connectivity index (χ2n) is 18.0. The summed E-state index contributed by atoms with van der Waals surface area (Å²) in [6, 6.07) is 34.0. The van der Waals surface area contributed by atoms with Crippen molar-refractivity contribution in [3.63, 3.8) is 0 Å². The molecule has 7 aromatic rings. The summed E-state index contributed by atoms with van der Waals surface area (Å²) >= 11 is 0. The summed E-state index contributed by atoms with van der Waals surface area (Å²) in [7, 11) is 4.50. The average molecular weight is 1070 g/mol. The molecule has 9 rings (SSSR count). The number of carbonyl (C=O) groups is 4. The molecule has 0 unspecified atom stereocenters. The number of benzene rings is 3. The third-order valence-electron chi connectivity index (χ3n) is 11.9. The molecule has 0 saturated heterocycles. The Kier molecular flexibility index (Phi) is 19.9. The fourth-order valence-corrected chi connectivity index (χ4v) is 7.94. The second kappa shape index (κ2) is 26.8. The molecular weight excluding hydrogens is 1010 g/mol. The third kappa shape index (κ3) is 15.1. The van der Waals surface area contributed by atoms with Gasteiger partial charge in [-0.3, -0.25) is 33.6 Å². The Morgan fingerprint density at radius 2 is 0.846 bits per heavy atom. The molecule has 0 bridgehead atoms. The summed E-state index contributed by atoms with van der Waals surface area (Å²) in [6.07, 6.45) is 4.00. The van der Waals surface area contributed by atoms with Gasteiger partial charge in [0.25, 0.3) is 23.5 Å². The van der Waals surface area contributed by atoms with Gasteiger partial charge in [-0.1, -0.05) is 91.0 Å². The average Bonchev–Trinajstić information content (AvgIpc) is 4.39. The number of nitrogens with one attached hydrogen (secondary N) is 3. The molecule has 5 N–H and O–H groups in total. The van der Waals surface area contributed by atoms with Crippen LogP contribution in [0.4, 0.5) is 0 Å². The standard InChI is InChI=1S/C18H20N2O3.C15H15NO4.C14H12O5.C11H14N2O3/c1-12-10-15(21)17(23-11-13-6-4-3-5-7-13)16(18(22)19-2)20(12)14-8-9-14;1-10-8-12(17)13(14(20-10)15(18)16-2)19-9-11-6-4-3-5-7-11;1-9-7-11(15)12(13(19-9)14(16)17)18-8-10-5-3-2-4-6-10;1-6-5-8(14)10(15)9(11(16)12-2)13(6)7-3-4-7/h3-7,10,14H,8-9,11H2,1-2H3,(H,19,22);3-8H,9H2,1-2H3,(H,16,18);2-7H,8H2,1H3,(H,16,17);5,7,15H,3-4H2,1-2H3,(H,12,16). The SMILES string of the molecule is CNC(=O)c1c(O)c(=O)cc(C)n1C1CC1.CNC(=O)c1c(OCc2ccccc2)c(=O)cc(C)n1C1CC1.CNC(=O)c1oc(C)cc(=O)c1OCc1ccccc1.Cc1cc(=O)c(OCc2ccccc2)c(C(=O)O)o1. The topological polar surface area (TPSA) is 277 Å². The van der Waals surface area contributed by atoms with Crippen molar-refractivity contribution in [2.45, 2.75) is 85.3 Å². The molecule has 3 aromatic carbocycles. The lowest BCUT2D eigenvalue weighted by Gasteiger charge is -2.19. The fraction of sp³-hybridized carbons (Fsp3) is 0.276. The van der Waals surface area contributed by atoms with E-state index in [1.54, 1.807) is 31.5 Å². The predicted molar refractivity (Wildman–Crippen MR) is 288 cm³/mol. The van der Waals surface area contributed by atoms with Crippen molar-refractivity contribution < 1.29 is 52.4 Å². The number of hydrogen-bond acceptors (Lipinski definition) is 14. The highest BCUT2D eigenvalue weighted by atomic mass is 16.5. The van der Waals surface area contributed by atoms with Gasteiger partial charge in [0.05, 0.1) is 0 Å². The minimum absolute atomic E-state index is 0.0706. The summed E-state index contributed by atoms with van der Waals surface area (Å²) in [5, 5.41) is 26.2. The number of nitrogens with zero attached hydrogens (tertiary/aromatic N) is 2. The molecule has 2 aliphatic carbocycles. The van der Waals surface area contributed by atoms with Crippen LogP contribution in [-0.4, -0.2) is 64.2 Å². The van der Waals surface area contributed by atoms with Crippen molar-refractivity contribution >= 4 is 23.7 Å². The Bertz CT molecular complexity index is 3510. The van der Waals surface area contributed by atoms with E-state index in [9.17, 15) is 43.5 Å². The maximum atomic E-state index is 12.4. The van der Waals surface area contributed by atoms with Crippen LogP contribution < -0.4 is 51.9 Å². The van der Waals surface area contributed by atoms with Crippen molar-refractivity contribution in [1.82, 2.24) is 25.1 Å². The van der Waals surface area contributed by atoms with Gasteiger partial charge in [0.1, 0.15) is 31.3 Å². The van der Waals surface area contributed by atoms with Crippen LogP contribution in [0.3, 0.4) is 0 Å². The van der Waals surface area contributed by atoms with Gasteiger partial charge in [0, 0.05) is 68.9 Å². The number of aromatic carboxylic acids is 1. The maximum absolute atomic E-state index is 12.4. The van der Waals surface area contributed by atoms with Gasteiger partial charge in [-0.15, -0.1) is 0 Å². The number of amides is 3. The molecule has 3 amide bonds. The molecule has 0 aliphatic heterocycles. The third-order valence-corrected chi connectivity index (χ3v) is 11.9. The van der Waals surface area contributed by atoms with Gasteiger partial charge in [0.15, 0.2) is 22.9 Å². The number of aromatic hydroxyl groups is 1. The normalized spacial score (nSPS) is 12.1. The summed E-state index contributed by atoms with van der Waals surface area (Å²) < 4.78 is 30.5. The van der Waals surface area contributed by atoms with Gasteiger partial charge in [-0.2, -0.15) is 0 Å². The Morgan fingerprint density at radius 3 is 1.24 bits per heavy atom. The van der Waals surface area contributed by atoms with Gasteiger partial charge < -0.3 is 58.3 Å². The molecule has 4 heterocycles. The zero-order chi connectivity index (χ0) is 56.6. The largest absolute Gasteiger partial charge is 0.503 e. The molecule has 0 atom stereocenters. The number of rotatable bonds is 15. The smallest absolute Gasteiger partial charge is 0.375 e. The number of ether oxygens (including phenoxy) is 3. The number of aryl methyl sites for hydroxylation is 4. The predicted octanol–water partition coefficient (Wildman–Crippen LogP) is 7.10. The molecule has 20 nitrogen and oxygen atoms in total. The van der Waals surface area contributed by atoms with Gasteiger partial charge >= 0.3 is 5.97 Å². The zero-order valence-electron chi connectivity index (χ0n) is 44.2. The van der Waals surface area contributed by atoms with E-state index in [2.05, 4.69) is 16.0 Å². The van der Waals surface area contributed by atoms with Crippen LogP contribution in [-0.2, 0) is 19.8 Å². The van der Waals surface area contributed by atoms with Crippen molar-refractivity contribution in [3.05, 3.63) is 219 Å². The molecule has 2 saturated carbocycles. The van der Waals surface area contributed by atoms with Crippen molar-refractivity contribution in [2.75, 3.05) is 21.1 Å². The molecule has 2 aliphatic rings. The Morgan fingerprint density at radius 1 is 0.500 bits per heavy atom. The molecule has 408 valence electrons. The van der Waals surface area contributed by atoms with Gasteiger partial charge in [-0.25, -0.2) is 4.79 Å². The van der Waals surface area contributed by atoms with Crippen LogP contribution in [0.2, 0.25) is 0 Å². The minimum Gasteiger partial charge on any atom is -0.503 e. The molecule has 78 heavy (non-hydrogen) atoms. The van der Waals surface area contributed by atoms with E-state index in [4.69, 9.17) is 28.2 Å². The highest BCUT2D eigenvalue weighted by Gasteiger charge is 2.32. The van der Waals surface area contributed by atoms with E-state index in [0.29, 0.717) is 17.1 Å². The molecule has 20 heteroatoms. The lowest BCUT2D eigenvalue weighted by atomic mass is 10.2. The Balaban J connectivity index is 0.000000170. The molecular formula is C58H61N5O15. The first-order chi connectivity index (χ1) is 37.4. The summed E-state index contributed by atoms with van der Waals surface area (Å²) in [5.74, 6) is -3.20. The molecule has 2 fully saturated rings. The lowest BCUT2D eigenvalue weighted by Crippen LogP contribution is -2.28. The van der Waals surface area contributed by atoms with Crippen molar-refractivity contribution in [3.8, 4) is 23.0 Å². The molecule has 0 spiro atoms. The van der Waals surface area contributed by atoms with Crippen LogP contribution in [0, 0.1) is 27.7 Å². The maximum Gasteiger partial charge on any atom is 0.375 e. The van der Waals surface area contributed by atoms with Crippen LogP contribution >= 0.6 is 0 Å². The van der Waals surface area contributed by atoms with E-state index >= 15 is 0 Å². The van der Waals surface area contributed by atoms with Crippen LogP contribution in [0.25, 0.3) is 0 Å². The quantitative estimate of drug-likeness (QED) is 0.0685. The van der Waals surface area contributed by atoms with E-state index in [-0.39, 0.29) is 83.1 Å². The highest BCUT2D eigenvalue weighted by Crippen LogP contribution is 2.39. The van der Waals surface area contributed by atoms with Crippen LogP contribution in [0.1, 0.15) is 119 Å². The van der Waals surface area contributed by atoms with Gasteiger partial charge in [0.2, 0.25) is 39.0 Å². The Hall–Kier alpha value is -9.46. The summed E-state index contributed by atoms with van der Waals surface area (Å²) in [6.45, 7) is 7.30. The monoisotopic (exact) mass is 1070 g/mol. The first-order valence-corrected chi connectivity index (χ1v) is 24.8. The number of hydrogen-bond donors (Lipinski definition) is 5. The summed E-state index contributed by atoms with van der Waals surface area (Å²) in [5.41, 5.74) is 2.96. The zero-order valence-corrected chi connectivity index (χ0v) is 44.2. The Labute approximate surface area is 447 Å². The van der Waals surface area contributed by atoms with E-state index in [1.807, 2.05) is 102 Å². The second-order valence-corrected chi connectivity index (χ2v) is 18.0. The fourth-order valence-electron chi connectivity index (χ4n) is 7.94. The lowest BCUT2D eigenvalue weighted by molar-refractivity contribution is 0.0647. The number of carbonyl (C=O) groups excluding carboxylic acids is 3. The minimum atomic E-state index is -1.33. The van der Waals surface area contributed by atoms with Crippen molar-refractivity contribution in [2.24, 2.45) is 0 Å². The number of carboxylic acids is 1. The van der Waals surface area contributed by atoms with Crippen molar-refractivity contribution in [1.29, 1.82) is 0 Å². The number of carboxylic acid groups (broad SMARTS) is 1. The van der Waals surface area contributed by atoms with Gasteiger partial charge in [-0.05, 0) is 70.1 Å². The molecule has 0 radical (unpaired) electrons. The summed E-state index contributed by atoms with van der Waals surface area (Å²) in [4.78, 5) is 94.3. The number of aromatic nitrogens is 2.